The molecule has 0 amide bonds. The zero-order chi connectivity index (χ0) is 15.5. The second kappa shape index (κ2) is 6.67. The molecular weight excluding hydrogens is 349 g/mol. The van der Waals surface area contributed by atoms with E-state index in [0.29, 0.717) is 12.1 Å². The van der Waals surface area contributed by atoms with Crippen molar-refractivity contribution in [3.8, 4) is 11.5 Å². The van der Waals surface area contributed by atoms with E-state index in [4.69, 9.17) is 9.47 Å². The van der Waals surface area contributed by atoms with Gasteiger partial charge in [0.25, 0.3) is 0 Å². The van der Waals surface area contributed by atoms with Crippen LogP contribution in [0.2, 0.25) is 0 Å². The molecule has 0 spiro atoms. The normalized spacial score (nSPS) is 12.9. The number of fused-ring (bicyclic) bond motifs is 1. The fraction of sp³-hybridized carbons (Fsp3) is 0.294. The van der Waals surface area contributed by atoms with Gasteiger partial charge in [-0.25, -0.2) is 4.39 Å². The number of rotatable bonds is 5. The summed E-state index contributed by atoms with van der Waals surface area (Å²) in [4.78, 5) is 2.18. The summed E-state index contributed by atoms with van der Waals surface area (Å²) in [5.74, 6) is 1.38. The Morgan fingerprint density at radius 2 is 1.91 bits per heavy atom. The molecule has 0 N–H and O–H groups in total. The lowest BCUT2D eigenvalue weighted by atomic mass is 10.1. The van der Waals surface area contributed by atoms with Gasteiger partial charge in [0.15, 0.2) is 11.5 Å². The molecule has 2 aromatic rings. The second-order valence-corrected chi connectivity index (χ2v) is 6.14. The highest BCUT2D eigenvalue weighted by Crippen LogP contribution is 2.33. The second-order valence-electron chi connectivity index (χ2n) is 5.23. The first-order chi connectivity index (χ1) is 10.7. The molecular formula is C17H17BrFNO2. The maximum atomic E-state index is 14.0. The van der Waals surface area contributed by atoms with Gasteiger partial charge >= 0.3 is 0 Å². The van der Waals surface area contributed by atoms with Crippen molar-refractivity contribution in [1.29, 1.82) is 0 Å². The minimum absolute atomic E-state index is 0.182. The maximum absolute atomic E-state index is 14.0. The third-order valence-electron chi connectivity index (χ3n) is 3.70. The van der Waals surface area contributed by atoms with Gasteiger partial charge < -0.3 is 9.47 Å². The fourth-order valence-electron chi connectivity index (χ4n) is 2.47. The van der Waals surface area contributed by atoms with E-state index in [0.717, 1.165) is 34.6 Å². The van der Waals surface area contributed by atoms with Gasteiger partial charge in [0.1, 0.15) is 5.82 Å². The number of halogens is 2. The molecule has 0 aromatic heterocycles. The van der Waals surface area contributed by atoms with Crippen molar-refractivity contribution in [1.82, 2.24) is 4.90 Å². The summed E-state index contributed by atoms with van der Waals surface area (Å²) < 4.78 is 25.4. The van der Waals surface area contributed by atoms with Gasteiger partial charge in [-0.3, -0.25) is 4.90 Å². The minimum Gasteiger partial charge on any atom is -0.454 e. The van der Waals surface area contributed by atoms with Crippen molar-refractivity contribution in [3.63, 3.8) is 0 Å². The maximum Gasteiger partial charge on any atom is 0.231 e. The molecule has 1 aliphatic rings. The lowest BCUT2D eigenvalue weighted by Crippen LogP contribution is -2.22. The summed E-state index contributed by atoms with van der Waals surface area (Å²) >= 11 is 3.28. The molecule has 3 nitrogen and oxygen atoms in total. The zero-order valence-electron chi connectivity index (χ0n) is 12.3. The molecule has 116 valence electrons. The van der Waals surface area contributed by atoms with Crippen LogP contribution in [0.25, 0.3) is 0 Å². The van der Waals surface area contributed by atoms with E-state index in [1.807, 2.05) is 30.3 Å². The standard InChI is InChI=1S/C17H17BrFNO2/c1-2-20(10-13-4-5-14(18)8-15(13)19)9-12-3-6-16-17(7-12)22-11-21-16/h3-8H,2,9-11H2,1H3. The first-order valence-electron chi connectivity index (χ1n) is 7.20. The monoisotopic (exact) mass is 365 g/mol. The van der Waals surface area contributed by atoms with Crippen molar-refractivity contribution >= 4 is 15.9 Å². The average Bonchev–Trinajstić information content (AvgIpc) is 2.96. The Kier molecular flexibility index (Phi) is 4.64. The molecule has 0 saturated carbocycles. The van der Waals surface area contributed by atoms with Crippen molar-refractivity contribution in [3.05, 3.63) is 57.8 Å². The van der Waals surface area contributed by atoms with E-state index >= 15 is 0 Å². The van der Waals surface area contributed by atoms with Crippen molar-refractivity contribution in [2.45, 2.75) is 20.0 Å². The number of ether oxygens (including phenoxy) is 2. The molecule has 1 aliphatic heterocycles. The van der Waals surface area contributed by atoms with Crippen molar-refractivity contribution < 1.29 is 13.9 Å². The molecule has 2 aromatic carbocycles. The molecule has 5 heteroatoms. The van der Waals surface area contributed by atoms with E-state index in [2.05, 4.69) is 27.8 Å². The van der Waals surface area contributed by atoms with Gasteiger partial charge in [-0.05, 0) is 36.4 Å². The Morgan fingerprint density at radius 3 is 2.68 bits per heavy atom. The highest BCUT2D eigenvalue weighted by atomic mass is 79.9. The smallest absolute Gasteiger partial charge is 0.231 e. The van der Waals surface area contributed by atoms with E-state index in [1.54, 1.807) is 0 Å². The quantitative estimate of drug-likeness (QED) is 0.786. The molecule has 0 unspecified atom stereocenters. The number of hydrogen-bond donors (Lipinski definition) is 0. The largest absolute Gasteiger partial charge is 0.454 e. The third kappa shape index (κ3) is 3.42. The molecule has 0 atom stereocenters. The van der Waals surface area contributed by atoms with Crippen LogP contribution in [0.15, 0.2) is 40.9 Å². The zero-order valence-corrected chi connectivity index (χ0v) is 13.9. The van der Waals surface area contributed by atoms with Gasteiger partial charge in [-0.2, -0.15) is 0 Å². The topological polar surface area (TPSA) is 21.7 Å². The van der Waals surface area contributed by atoms with Crippen LogP contribution in [0, 0.1) is 5.82 Å². The molecule has 0 radical (unpaired) electrons. The summed E-state index contributed by atoms with van der Waals surface area (Å²) in [7, 11) is 0. The number of benzene rings is 2. The molecule has 3 rings (SSSR count). The summed E-state index contributed by atoms with van der Waals surface area (Å²) in [6.07, 6.45) is 0. The molecule has 0 aliphatic carbocycles. The van der Waals surface area contributed by atoms with Gasteiger partial charge in [0.2, 0.25) is 6.79 Å². The average molecular weight is 366 g/mol. The molecule has 1 heterocycles. The Morgan fingerprint density at radius 1 is 1.09 bits per heavy atom. The first kappa shape index (κ1) is 15.3. The van der Waals surface area contributed by atoms with Crippen molar-refractivity contribution in [2.75, 3.05) is 13.3 Å². The minimum atomic E-state index is -0.182. The van der Waals surface area contributed by atoms with E-state index in [-0.39, 0.29) is 12.6 Å². The van der Waals surface area contributed by atoms with Gasteiger partial charge in [0, 0.05) is 23.1 Å². The highest BCUT2D eigenvalue weighted by molar-refractivity contribution is 9.10. The van der Waals surface area contributed by atoms with Crippen LogP contribution in [0.3, 0.4) is 0 Å². The SMILES string of the molecule is CCN(Cc1ccc2c(c1)OCO2)Cc1ccc(Br)cc1F. The van der Waals surface area contributed by atoms with Crippen LogP contribution in [0.5, 0.6) is 11.5 Å². The summed E-state index contributed by atoms with van der Waals surface area (Å²) in [5.41, 5.74) is 1.83. The predicted octanol–water partition coefficient (Wildman–Crippen LogP) is 4.34. The van der Waals surface area contributed by atoms with Crippen LogP contribution in [-0.4, -0.2) is 18.2 Å². The first-order valence-corrected chi connectivity index (χ1v) is 8.00. The van der Waals surface area contributed by atoms with Crippen molar-refractivity contribution in [2.24, 2.45) is 0 Å². The molecule has 0 bridgehead atoms. The Balaban J connectivity index is 1.71. The number of hydrogen-bond acceptors (Lipinski definition) is 3. The van der Waals surface area contributed by atoms with Gasteiger partial charge in [-0.15, -0.1) is 0 Å². The Bertz CT molecular complexity index is 678. The molecule has 0 saturated heterocycles. The summed E-state index contributed by atoms with van der Waals surface area (Å²) in [6.45, 7) is 4.50. The van der Waals surface area contributed by atoms with E-state index in [1.165, 1.54) is 6.07 Å². The predicted molar refractivity (Wildman–Crippen MR) is 86.5 cm³/mol. The molecule has 22 heavy (non-hydrogen) atoms. The highest BCUT2D eigenvalue weighted by Gasteiger charge is 2.15. The lowest BCUT2D eigenvalue weighted by molar-refractivity contribution is 0.174. The Hall–Kier alpha value is -1.59. The van der Waals surface area contributed by atoms with Gasteiger partial charge in [0.05, 0.1) is 0 Å². The molecule has 0 fully saturated rings. The van der Waals surface area contributed by atoms with Crippen LogP contribution < -0.4 is 9.47 Å². The van der Waals surface area contributed by atoms with Gasteiger partial charge in [-0.1, -0.05) is 35.0 Å². The third-order valence-corrected chi connectivity index (χ3v) is 4.19. The van der Waals surface area contributed by atoms with Crippen LogP contribution in [0.4, 0.5) is 4.39 Å². The van der Waals surface area contributed by atoms with Crippen LogP contribution in [0.1, 0.15) is 18.1 Å². The lowest BCUT2D eigenvalue weighted by Gasteiger charge is -2.21. The van der Waals surface area contributed by atoms with Crippen LogP contribution >= 0.6 is 15.9 Å². The van der Waals surface area contributed by atoms with E-state index in [9.17, 15) is 4.39 Å². The van der Waals surface area contributed by atoms with E-state index < -0.39 is 0 Å². The summed E-state index contributed by atoms with van der Waals surface area (Å²) in [6, 6.07) is 11.1. The fourth-order valence-corrected chi connectivity index (χ4v) is 2.80. The number of nitrogens with zero attached hydrogens (tertiary/aromatic N) is 1. The summed E-state index contributed by atoms with van der Waals surface area (Å²) in [5, 5.41) is 0. The van der Waals surface area contributed by atoms with Crippen LogP contribution in [-0.2, 0) is 13.1 Å². The Labute approximate surface area is 137 Å².